The van der Waals surface area contributed by atoms with Gasteiger partial charge in [0.25, 0.3) is 0 Å². The molecule has 6 heteroatoms. The quantitative estimate of drug-likeness (QED) is 0.250. The highest BCUT2D eigenvalue weighted by molar-refractivity contribution is 14.0. The first kappa shape index (κ1) is 23.1. The number of ether oxygens (including phenoxy) is 1. The van der Waals surface area contributed by atoms with Crippen molar-refractivity contribution in [1.29, 1.82) is 0 Å². The highest BCUT2D eigenvalue weighted by Crippen LogP contribution is 2.02. The van der Waals surface area contributed by atoms with Gasteiger partial charge in [-0.1, -0.05) is 37.3 Å². The second-order valence-corrected chi connectivity index (χ2v) is 6.14. The summed E-state index contributed by atoms with van der Waals surface area (Å²) in [6.07, 6.45) is 1.10. The molecule has 0 fully saturated rings. The molecule has 0 saturated heterocycles. The fraction of sp³-hybridized carbons (Fsp3) is 0.611. The molecule has 0 saturated carbocycles. The van der Waals surface area contributed by atoms with E-state index in [1.165, 1.54) is 5.56 Å². The molecule has 1 aromatic carbocycles. The number of hydrogen-bond acceptors (Lipinski definition) is 3. The van der Waals surface area contributed by atoms with Crippen molar-refractivity contribution in [2.45, 2.75) is 20.0 Å². The monoisotopic (exact) mass is 448 g/mol. The van der Waals surface area contributed by atoms with E-state index >= 15 is 0 Å². The molecule has 0 aromatic heterocycles. The lowest BCUT2D eigenvalue weighted by molar-refractivity contribution is 0.0931. The second kappa shape index (κ2) is 14.5. The van der Waals surface area contributed by atoms with Gasteiger partial charge in [-0.05, 0) is 38.5 Å². The van der Waals surface area contributed by atoms with Crippen molar-refractivity contribution in [2.24, 2.45) is 10.9 Å². The van der Waals surface area contributed by atoms with Crippen LogP contribution in [0, 0.1) is 5.92 Å². The zero-order chi connectivity index (χ0) is 16.9. The van der Waals surface area contributed by atoms with E-state index in [2.05, 4.69) is 53.7 Å². The predicted molar refractivity (Wildman–Crippen MR) is 113 cm³/mol. The third-order valence-corrected chi connectivity index (χ3v) is 3.43. The third-order valence-electron chi connectivity index (χ3n) is 3.43. The molecule has 5 nitrogen and oxygen atoms in total. The molecular weight excluding hydrogens is 415 g/mol. The minimum atomic E-state index is 0. The molecule has 1 atom stereocenters. The molecule has 0 aliphatic rings. The number of nitrogens with zero attached hydrogens (tertiary/aromatic N) is 2. The van der Waals surface area contributed by atoms with E-state index in [1.807, 2.05) is 18.2 Å². The maximum atomic E-state index is 5.77. The van der Waals surface area contributed by atoms with Gasteiger partial charge in [-0.25, -0.2) is 0 Å². The van der Waals surface area contributed by atoms with E-state index in [-0.39, 0.29) is 24.0 Å². The minimum absolute atomic E-state index is 0. The summed E-state index contributed by atoms with van der Waals surface area (Å²) in [6, 6.07) is 10.3. The van der Waals surface area contributed by atoms with E-state index in [4.69, 9.17) is 4.74 Å². The molecule has 0 aliphatic heterocycles. The largest absolute Gasteiger partial charge is 0.376 e. The van der Waals surface area contributed by atoms with Crippen LogP contribution in [0.15, 0.2) is 35.3 Å². The van der Waals surface area contributed by atoms with Gasteiger partial charge in [-0.2, -0.15) is 0 Å². The Morgan fingerprint density at radius 1 is 1.21 bits per heavy atom. The maximum Gasteiger partial charge on any atom is 0.190 e. The predicted octanol–water partition coefficient (Wildman–Crippen LogP) is 2.57. The maximum absolute atomic E-state index is 5.77. The average Bonchev–Trinajstić information content (AvgIpc) is 2.55. The molecule has 0 spiro atoms. The molecule has 0 amide bonds. The van der Waals surface area contributed by atoms with Crippen LogP contribution < -0.4 is 10.6 Å². The Bertz CT molecular complexity index is 440. The molecule has 24 heavy (non-hydrogen) atoms. The first-order valence-corrected chi connectivity index (χ1v) is 8.32. The van der Waals surface area contributed by atoms with Gasteiger partial charge in [0.15, 0.2) is 5.96 Å². The summed E-state index contributed by atoms with van der Waals surface area (Å²) in [4.78, 5) is 6.43. The van der Waals surface area contributed by atoms with Crippen molar-refractivity contribution < 1.29 is 4.74 Å². The fourth-order valence-corrected chi connectivity index (χ4v) is 2.10. The van der Waals surface area contributed by atoms with E-state index in [1.54, 1.807) is 7.05 Å². The van der Waals surface area contributed by atoms with E-state index in [9.17, 15) is 0 Å². The van der Waals surface area contributed by atoms with Crippen LogP contribution >= 0.6 is 24.0 Å². The van der Waals surface area contributed by atoms with Gasteiger partial charge in [0, 0.05) is 20.1 Å². The van der Waals surface area contributed by atoms with Crippen LogP contribution in [0.4, 0.5) is 0 Å². The summed E-state index contributed by atoms with van der Waals surface area (Å²) >= 11 is 0. The number of hydrogen-bond donors (Lipinski definition) is 2. The van der Waals surface area contributed by atoms with Crippen LogP contribution in [0.25, 0.3) is 0 Å². The van der Waals surface area contributed by atoms with Crippen molar-refractivity contribution in [3.05, 3.63) is 35.9 Å². The standard InChI is InChI=1S/C18H32N4O.HI/c1-16(14-23-15-17-9-6-5-7-10-17)13-21-18(19-2)20-11-8-12-22(3)4;/h5-7,9-10,16H,8,11-15H2,1-4H3,(H2,19,20,21);1H. The number of guanidine groups is 1. The summed E-state index contributed by atoms with van der Waals surface area (Å²) in [7, 11) is 5.98. The summed E-state index contributed by atoms with van der Waals surface area (Å²) in [5.41, 5.74) is 1.21. The first-order valence-electron chi connectivity index (χ1n) is 8.32. The van der Waals surface area contributed by atoms with Crippen molar-refractivity contribution in [3.63, 3.8) is 0 Å². The van der Waals surface area contributed by atoms with Gasteiger partial charge in [0.2, 0.25) is 0 Å². The average molecular weight is 448 g/mol. The molecule has 138 valence electrons. The summed E-state index contributed by atoms with van der Waals surface area (Å²) in [5.74, 6) is 1.29. The van der Waals surface area contributed by atoms with Crippen LogP contribution in [0.5, 0.6) is 0 Å². The van der Waals surface area contributed by atoms with Gasteiger partial charge in [0.1, 0.15) is 0 Å². The lowest BCUT2D eigenvalue weighted by atomic mass is 10.2. The van der Waals surface area contributed by atoms with E-state index in [0.29, 0.717) is 12.5 Å². The van der Waals surface area contributed by atoms with Crippen molar-refractivity contribution >= 4 is 29.9 Å². The number of benzene rings is 1. The number of rotatable bonds is 10. The topological polar surface area (TPSA) is 48.9 Å². The van der Waals surface area contributed by atoms with Crippen LogP contribution in [0.2, 0.25) is 0 Å². The SMILES string of the molecule is CN=C(NCCCN(C)C)NCC(C)COCc1ccccc1.I. The minimum Gasteiger partial charge on any atom is -0.376 e. The molecule has 0 heterocycles. The molecule has 1 unspecified atom stereocenters. The summed E-state index contributed by atoms with van der Waals surface area (Å²) < 4.78 is 5.77. The van der Waals surface area contributed by atoms with Crippen molar-refractivity contribution in [2.75, 3.05) is 47.4 Å². The first-order chi connectivity index (χ1) is 11.1. The number of aliphatic imine (C=N–C) groups is 1. The Kier molecular flexibility index (Phi) is 14.0. The van der Waals surface area contributed by atoms with Gasteiger partial charge >= 0.3 is 0 Å². The molecular formula is C18H33IN4O. The van der Waals surface area contributed by atoms with Gasteiger partial charge in [-0.15, -0.1) is 24.0 Å². The third kappa shape index (κ3) is 11.6. The molecule has 0 bridgehead atoms. The fourth-order valence-electron chi connectivity index (χ4n) is 2.10. The Labute approximate surface area is 164 Å². The lowest BCUT2D eigenvalue weighted by Gasteiger charge is -2.17. The van der Waals surface area contributed by atoms with Crippen LogP contribution in [-0.4, -0.2) is 58.2 Å². The van der Waals surface area contributed by atoms with Crippen molar-refractivity contribution in [1.82, 2.24) is 15.5 Å². The Morgan fingerprint density at radius 2 is 1.92 bits per heavy atom. The Balaban J connectivity index is 0.00000529. The van der Waals surface area contributed by atoms with Crippen LogP contribution in [0.3, 0.4) is 0 Å². The number of halogens is 1. The molecule has 0 radical (unpaired) electrons. The van der Waals surface area contributed by atoms with Crippen LogP contribution in [0.1, 0.15) is 18.9 Å². The highest BCUT2D eigenvalue weighted by atomic mass is 127. The van der Waals surface area contributed by atoms with Crippen LogP contribution in [-0.2, 0) is 11.3 Å². The van der Waals surface area contributed by atoms with Crippen molar-refractivity contribution in [3.8, 4) is 0 Å². The van der Waals surface area contributed by atoms with Gasteiger partial charge < -0.3 is 20.3 Å². The van der Waals surface area contributed by atoms with Gasteiger partial charge in [0.05, 0.1) is 13.2 Å². The summed E-state index contributed by atoms with van der Waals surface area (Å²) in [5, 5.41) is 6.68. The zero-order valence-electron chi connectivity index (χ0n) is 15.4. The number of nitrogens with one attached hydrogen (secondary N) is 2. The lowest BCUT2D eigenvalue weighted by Crippen LogP contribution is -2.40. The molecule has 0 aliphatic carbocycles. The molecule has 1 rings (SSSR count). The zero-order valence-corrected chi connectivity index (χ0v) is 17.7. The van der Waals surface area contributed by atoms with E-state index in [0.717, 1.165) is 38.6 Å². The Morgan fingerprint density at radius 3 is 2.54 bits per heavy atom. The second-order valence-electron chi connectivity index (χ2n) is 6.14. The smallest absolute Gasteiger partial charge is 0.190 e. The molecule has 1 aromatic rings. The Hall–Kier alpha value is -0.860. The summed E-state index contributed by atoms with van der Waals surface area (Å²) in [6.45, 7) is 6.44. The van der Waals surface area contributed by atoms with E-state index < -0.39 is 0 Å². The van der Waals surface area contributed by atoms with Gasteiger partial charge in [-0.3, -0.25) is 4.99 Å². The normalized spacial score (nSPS) is 12.6. The molecule has 2 N–H and O–H groups in total. The highest BCUT2D eigenvalue weighted by Gasteiger charge is 2.04.